The first-order valence-corrected chi connectivity index (χ1v) is 9.40. The number of aliphatic imine (C=N–C) groups is 1. The predicted molar refractivity (Wildman–Crippen MR) is 115 cm³/mol. The molecule has 0 atom stereocenters. The number of rotatable bonds is 9. The first-order chi connectivity index (χ1) is 11.8. The van der Waals surface area contributed by atoms with E-state index in [2.05, 4.69) is 46.0 Å². The maximum Gasteiger partial charge on any atom is 0.191 e. The van der Waals surface area contributed by atoms with Gasteiger partial charge in [-0.2, -0.15) is 0 Å². The molecule has 0 spiro atoms. The van der Waals surface area contributed by atoms with E-state index in [9.17, 15) is 0 Å². The molecule has 2 fully saturated rings. The normalized spacial score (nSPS) is 18.8. The summed E-state index contributed by atoms with van der Waals surface area (Å²) in [5, 5.41) is 6.93. The molecule has 0 heterocycles. The Hall–Kier alpha value is -0.820. The van der Waals surface area contributed by atoms with Gasteiger partial charge < -0.3 is 15.4 Å². The zero-order valence-corrected chi connectivity index (χ0v) is 17.6. The SMILES string of the molecule is CN=C(NCCCOCC1CC1)NCC1(c2ccccc2)CCC1.I. The van der Waals surface area contributed by atoms with Gasteiger partial charge in [-0.15, -0.1) is 24.0 Å². The molecule has 1 aromatic carbocycles. The third-order valence-corrected chi connectivity index (χ3v) is 5.32. The van der Waals surface area contributed by atoms with Gasteiger partial charge in [-0.25, -0.2) is 0 Å². The average molecular weight is 457 g/mol. The molecule has 0 saturated heterocycles. The molecule has 2 N–H and O–H groups in total. The first-order valence-electron chi connectivity index (χ1n) is 9.40. The molecule has 0 unspecified atom stereocenters. The van der Waals surface area contributed by atoms with Crippen molar-refractivity contribution in [3.8, 4) is 0 Å². The van der Waals surface area contributed by atoms with Crippen molar-refractivity contribution >= 4 is 29.9 Å². The number of guanidine groups is 1. The van der Waals surface area contributed by atoms with Gasteiger partial charge in [-0.3, -0.25) is 4.99 Å². The number of hydrogen-bond donors (Lipinski definition) is 2. The van der Waals surface area contributed by atoms with Crippen molar-refractivity contribution in [1.82, 2.24) is 10.6 Å². The molecule has 5 heteroatoms. The Balaban J connectivity index is 0.00000225. The lowest BCUT2D eigenvalue weighted by molar-refractivity contribution is 0.123. The Morgan fingerprint density at radius 3 is 2.56 bits per heavy atom. The van der Waals surface area contributed by atoms with Crippen molar-refractivity contribution in [3.05, 3.63) is 35.9 Å². The molecule has 4 nitrogen and oxygen atoms in total. The van der Waals surface area contributed by atoms with Crippen LogP contribution in [-0.2, 0) is 10.2 Å². The van der Waals surface area contributed by atoms with Crippen LogP contribution in [0.4, 0.5) is 0 Å². The first kappa shape index (κ1) is 20.5. The van der Waals surface area contributed by atoms with Gasteiger partial charge in [0.2, 0.25) is 0 Å². The Kier molecular flexibility index (Phi) is 8.49. The second-order valence-electron chi connectivity index (χ2n) is 7.22. The third-order valence-electron chi connectivity index (χ3n) is 5.32. The van der Waals surface area contributed by atoms with E-state index in [-0.39, 0.29) is 29.4 Å². The molecule has 2 aliphatic rings. The third kappa shape index (κ3) is 6.13. The number of halogens is 1. The number of nitrogens with one attached hydrogen (secondary N) is 2. The molecular weight excluding hydrogens is 425 g/mol. The molecule has 0 amide bonds. The number of nitrogens with zero attached hydrogens (tertiary/aromatic N) is 1. The summed E-state index contributed by atoms with van der Waals surface area (Å²) in [6.07, 6.45) is 7.58. The number of hydrogen-bond acceptors (Lipinski definition) is 2. The largest absolute Gasteiger partial charge is 0.381 e. The highest BCUT2D eigenvalue weighted by Crippen LogP contribution is 2.43. The van der Waals surface area contributed by atoms with Crippen LogP contribution in [0.25, 0.3) is 0 Å². The van der Waals surface area contributed by atoms with Crippen molar-refractivity contribution < 1.29 is 4.74 Å². The van der Waals surface area contributed by atoms with Crippen molar-refractivity contribution in [3.63, 3.8) is 0 Å². The predicted octanol–water partition coefficient (Wildman–Crippen LogP) is 3.71. The average Bonchev–Trinajstić information content (AvgIpc) is 3.40. The van der Waals surface area contributed by atoms with Crippen LogP contribution >= 0.6 is 24.0 Å². The molecule has 0 bridgehead atoms. The Morgan fingerprint density at radius 2 is 1.96 bits per heavy atom. The lowest BCUT2D eigenvalue weighted by Crippen LogP contribution is -2.49. The minimum atomic E-state index is 0. The van der Waals surface area contributed by atoms with Crippen molar-refractivity contribution in [2.24, 2.45) is 10.9 Å². The molecule has 0 aromatic heterocycles. The molecule has 1 aromatic rings. The summed E-state index contributed by atoms with van der Waals surface area (Å²) in [6.45, 7) is 3.65. The summed E-state index contributed by atoms with van der Waals surface area (Å²) in [7, 11) is 1.84. The van der Waals surface area contributed by atoms with Gasteiger partial charge in [0.15, 0.2) is 5.96 Å². The van der Waals surface area contributed by atoms with E-state index in [0.717, 1.165) is 44.6 Å². The Morgan fingerprint density at radius 1 is 1.20 bits per heavy atom. The standard InChI is InChI=1S/C20H31N3O.HI/c1-21-19(22-13-6-14-24-15-17-9-10-17)23-16-20(11-5-12-20)18-7-3-2-4-8-18;/h2-4,7-8,17H,5-6,9-16H2,1H3,(H2,21,22,23);1H. The summed E-state index contributed by atoms with van der Waals surface area (Å²) < 4.78 is 5.67. The van der Waals surface area contributed by atoms with Gasteiger partial charge in [-0.1, -0.05) is 36.8 Å². The monoisotopic (exact) mass is 457 g/mol. The van der Waals surface area contributed by atoms with Gasteiger partial charge in [0.25, 0.3) is 0 Å². The molecular formula is C20H32IN3O. The van der Waals surface area contributed by atoms with Gasteiger partial charge in [0, 0.05) is 38.8 Å². The van der Waals surface area contributed by atoms with E-state index in [1.165, 1.54) is 37.7 Å². The summed E-state index contributed by atoms with van der Waals surface area (Å²) in [5.74, 6) is 1.75. The van der Waals surface area contributed by atoms with E-state index in [4.69, 9.17) is 4.74 Å². The molecule has 2 saturated carbocycles. The van der Waals surface area contributed by atoms with E-state index >= 15 is 0 Å². The maximum absolute atomic E-state index is 5.67. The zero-order chi connectivity index (χ0) is 16.7. The van der Waals surface area contributed by atoms with E-state index in [1.807, 2.05) is 7.05 Å². The number of benzene rings is 1. The second-order valence-corrected chi connectivity index (χ2v) is 7.22. The lowest BCUT2D eigenvalue weighted by atomic mass is 9.64. The highest BCUT2D eigenvalue weighted by Gasteiger charge is 2.38. The van der Waals surface area contributed by atoms with Gasteiger partial charge >= 0.3 is 0 Å². The molecule has 0 aliphatic heterocycles. The van der Waals surface area contributed by atoms with E-state index < -0.39 is 0 Å². The van der Waals surface area contributed by atoms with Crippen LogP contribution in [0.1, 0.15) is 44.1 Å². The summed E-state index contributed by atoms with van der Waals surface area (Å²) in [4.78, 5) is 4.35. The fourth-order valence-electron chi connectivity index (χ4n) is 3.35. The fraction of sp³-hybridized carbons (Fsp3) is 0.650. The quantitative estimate of drug-likeness (QED) is 0.257. The number of ether oxygens (including phenoxy) is 1. The minimum Gasteiger partial charge on any atom is -0.381 e. The van der Waals surface area contributed by atoms with E-state index in [0.29, 0.717) is 0 Å². The van der Waals surface area contributed by atoms with Crippen LogP contribution in [0.15, 0.2) is 35.3 Å². The molecule has 2 aliphatic carbocycles. The van der Waals surface area contributed by atoms with Gasteiger partial charge in [0.1, 0.15) is 0 Å². The highest BCUT2D eigenvalue weighted by atomic mass is 127. The molecule has 140 valence electrons. The van der Waals surface area contributed by atoms with E-state index in [1.54, 1.807) is 0 Å². The Labute approximate surface area is 169 Å². The van der Waals surface area contributed by atoms with Crippen LogP contribution in [0.5, 0.6) is 0 Å². The topological polar surface area (TPSA) is 45.7 Å². The van der Waals surface area contributed by atoms with Crippen LogP contribution in [0.2, 0.25) is 0 Å². The summed E-state index contributed by atoms with van der Waals surface area (Å²) >= 11 is 0. The molecule has 25 heavy (non-hydrogen) atoms. The highest BCUT2D eigenvalue weighted by molar-refractivity contribution is 14.0. The zero-order valence-electron chi connectivity index (χ0n) is 15.3. The minimum absolute atomic E-state index is 0. The lowest BCUT2D eigenvalue weighted by Gasteiger charge is -2.43. The maximum atomic E-state index is 5.67. The second kappa shape index (κ2) is 10.4. The van der Waals surface area contributed by atoms with Crippen LogP contribution in [-0.4, -0.2) is 39.3 Å². The van der Waals surface area contributed by atoms with Crippen molar-refractivity contribution in [2.75, 3.05) is 33.4 Å². The van der Waals surface area contributed by atoms with Crippen molar-refractivity contribution in [1.29, 1.82) is 0 Å². The van der Waals surface area contributed by atoms with Gasteiger partial charge in [0.05, 0.1) is 0 Å². The smallest absolute Gasteiger partial charge is 0.191 e. The van der Waals surface area contributed by atoms with Crippen molar-refractivity contribution in [2.45, 2.75) is 43.9 Å². The van der Waals surface area contributed by atoms with Crippen LogP contribution in [0, 0.1) is 5.92 Å². The van der Waals surface area contributed by atoms with Gasteiger partial charge in [-0.05, 0) is 43.6 Å². The fourth-order valence-corrected chi connectivity index (χ4v) is 3.35. The Bertz CT molecular complexity index is 527. The van der Waals surface area contributed by atoms with Crippen LogP contribution < -0.4 is 10.6 Å². The van der Waals surface area contributed by atoms with Crippen LogP contribution in [0.3, 0.4) is 0 Å². The molecule has 3 rings (SSSR count). The molecule has 0 radical (unpaired) electrons. The summed E-state index contributed by atoms with van der Waals surface area (Å²) in [6, 6.07) is 10.9. The summed E-state index contributed by atoms with van der Waals surface area (Å²) in [5.41, 5.74) is 1.74.